The van der Waals surface area contributed by atoms with Crippen molar-refractivity contribution in [1.29, 1.82) is 0 Å². The summed E-state index contributed by atoms with van der Waals surface area (Å²) in [6.45, 7) is 0. The number of hydrogen-bond donors (Lipinski definition) is 3. The molecule has 3 N–H and O–H groups in total. The van der Waals surface area contributed by atoms with Gasteiger partial charge in [0.25, 0.3) is 0 Å². The first kappa shape index (κ1) is 11.1. The van der Waals surface area contributed by atoms with Crippen molar-refractivity contribution in [3.63, 3.8) is 0 Å². The third kappa shape index (κ3) is 1.92. The first-order chi connectivity index (χ1) is 6.45. The van der Waals surface area contributed by atoms with Gasteiger partial charge >= 0.3 is 5.97 Å². The van der Waals surface area contributed by atoms with Crippen LogP contribution in [0.3, 0.4) is 0 Å². The number of carboxylic acid groups (broad SMARTS) is 1. The number of benzene rings is 1. The fraction of sp³-hybridized carbons (Fsp3) is 0.125. The van der Waals surface area contributed by atoms with Crippen molar-refractivity contribution in [2.24, 2.45) is 0 Å². The van der Waals surface area contributed by atoms with Crippen LogP contribution >= 0.6 is 23.2 Å². The van der Waals surface area contributed by atoms with Gasteiger partial charge in [-0.3, -0.25) is 0 Å². The molecule has 1 unspecified atom stereocenters. The van der Waals surface area contributed by atoms with Crippen molar-refractivity contribution in [3.8, 4) is 5.75 Å². The van der Waals surface area contributed by atoms with Gasteiger partial charge < -0.3 is 15.3 Å². The largest absolute Gasteiger partial charge is 0.505 e. The Kier molecular flexibility index (Phi) is 3.21. The molecule has 76 valence electrons. The van der Waals surface area contributed by atoms with Gasteiger partial charge in [0.15, 0.2) is 11.9 Å². The topological polar surface area (TPSA) is 77.8 Å². The van der Waals surface area contributed by atoms with Crippen LogP contribution in [0.5, 0.6) is 5.75 Å². The lowest BCUT2D eigenvalue weighted by molar-refractivity contribution is -0.146. The molecule has 0 aliphatic carbocycles. The lowest BCUT2D eigenvalue weighted by Crippen LogP contribution is -2.10. The van der Waals surface area contributed by atoms with E-state index in [1.54, 1.807) is 0 Å². The molecule has 6 heteroatoms. The van der Waals surface area contributed by atoms with E-state index in [2.05, 4.69) is 0 Å². The summed E-state index contributed by atoms with van der Waals surface area (Å²) in [4.78, 5) is 10.4. The molecule has 0 aromatic heterocycles. The smallest absolute Gasteiger partial charge is 0.337 e. The van der Waals surface area contributed by atoms with Gasteiger partial charge in [0, 0.05) is 5.56 Å². The molecule has 1 rings (SSSR count). The van der Waals surface area contributed by atoms with Crippen LogP contribution in [0, 0.1) is 0 Å². The van der Waals surface area contributed by atoms with Gasteiger partial charge in [-0.2, -0.15) is 0 Å². The molecule has 1 aromatic rings. The van der Waals surface area contributed by atoms with E-state index in [0.717, 1.165) is 0 Å². The van der Waals surface area contributed by atoms with Crippen molar-refractivity contribution >= 4 is 29.2 Å². The standard InChI is InChI=1S/C8H6Cl2O4/c9-4-2-1-3(5(10)7(4)12)6(11)8(13)14/h1-2,6,11-12H,(H,13,14). The Balaban J connectivity index is 3.24. The highest BCUT2D eigenvalue weighted by molar-refractivity contribution is 6.37. The molecule has 0 heterocycles. The van der Waals surface area contributed by atoms with Gasteiger partial charge in [0.1, 0.15) is 0 Å². The van der Waals surface area contributed by atoms with Gasteiger partial charge in [-0.15, -0.1) is 0 Å². The van der Waals surface area contributed by atoms with Crippen molar-refractivity contribution < 1.29 is 20.1 Å². The van der Waals surface area contributed by atoms with Gasteiger partial charge in [0.2, 0.25) is 0 Å². The number of aliphatic hydroxyl groups excluding tert-OH is 1. The molecule has 14 heavy (non-hydrogen) atoms. The monoisotopic (exact) mass is 236 g/mol. The van der Waals surface area contributed by atoms with E-state index in [0.29, 0.717) is 0 Å². The quantitative estimate of drug-likeness (QED) is 0.732. The Morgan fingerprint density at radius 2 is 1.93 bits per heavy atom. The van der Waals surface area contributed by atoms with E-state index in [4.69, 9.17) is 33.4 Å². The van der Waals surface area contributed by atoms with Crippen LogP contribution < -0.4 is 0 Å². The summed E-state index contributed by atoms with van der Waals surface area (Å²) < 4.78 is 0. The number of aliphatic hydroxyl groups is 1. The fourth-order valence-electron chi connectivity index (χ4n) is 0.901. The zero-order valence-electron chi connectivity index (χ0n) is 6.74. The minimum atomic E-state index is -1.77. The van der Waals surface area contributed by atoms with Crippen LogP contribution in [-0.2, 0) is 4.79 Å². The molecule has 0 saturated carbocycles. The maximum absolute atomic E-state index is 10.4. The zero-order valence-corrected chi connectivity index (χ0v) is 8.25. The lowest BCUT2D eigenvalue weighted by Gasteiger charge is -2.09. The highest BCUT2D eigenvalue weighted by Gasteiger charge is 2.21. The molecule has 0 aliphatic rings. The van der Waals surface area contributed by atoms with E-state index >= 15 is 0 Å². The molecule has 1 atom stereocenters. The Morgan fingerprint density at radius 3 is 2.43 bits per heavy atom. The van der Waals surface area contributed by atoms with Crippen LogP contribution in [0.2, 0.25) is 10.0 Å². The molecule has 0 amide bonds. The van der Waals surface area contributed by atoms with Gasteiger partial charge in [-0.05, 0) is 6.07 Å². The number of hydrogen-bond acceptors (Lipinski definition) is 3. The molecule has 4 nitrogen and oxygen atoms in total. The molecule has 0 radical (unpaired) electrons. The van der Waals surface area contributed by atoms with Crippen molar-refractivity contribution in [2.45, 2.75) is 6.10 Å². The molecular weight excluding hydrogens is 231 g/mol. The van der Waals surface area contributed by atoms with E-state index in [1.165, 1.54) is 12.1 Å². The number of phenolic OH excluding ortho intramolecular Hbond substituents is 1. The third-order valence-electron chi connectivity index (χ3n) is 1.63. The molecule has 1 aromatic carbocycles. The number of phenols is 1. The second kappa shape index (κ2) is 4.04. The summed E-state index contributed by atoms with van der Waals surface area (Å²) in [5, 5.41) is 26.6. The second-order valence-electron chi connectivity index (χ2n) is 2.54. The Morgan fingerprint density at radius 1 is 1.36 bits per heavy atom. The predicted molar refractivity (Wildman–Crippen MR) is 50.7 cm³/mol. The summed E-state index contributed by atoms with van der Waals surface area (Å²) >= 11 is 11.1. The minimum Gasteiger partial charge on any atom is -0.505 e. The number of aliphatic carboxylic acids is 1. The summed E-state index contributed by atoms with van der Waals surface area (Å²) in [5.41, 5.74) is -0.0962. The number of halogens is 2. The van der Waals surface area contributed by atoms with Crippen LogP contribution in [0.1, 0.15) is 11.7 Å². The average molecular weight is 237 g/mol. The average Bonchev–Trinajstić information content (AvgIpc) is 2.13. The maximum atomic E-state index is 10.4. The molecule has 0 aliphatic heterocycles. The zero-order chi connectivity index (χ0) is 10.9. The Labute approximate surface area is 89.3 Å². The van der Waals surface area contributed by atoms with Crippen LogP contribution in [0.4, 0.5) is 0 Å². The highest BCUT2D eigenvalue weighted by Crippen LogP contribution is 2.36. The first-order valence-electron chi connectivity index (χ1n) is 3.53. The Bertz CT molecular complexity index is 378. The summed E-state index contributed by atoms with van der Waals surface area (Å²) in [7, 11) is 0. The third-order valence-corrected chi connectivity index (χ3v) is 2.33. The SMILES string of the molecule is O=C(O)C(O)c1ccc(Cl)c(O)c1Cl. The molecule has 0 saturated heterocycles. The van der Waals surface area contributed by atoms with Gasteiger partial charge in [-0.25, -0.2) is 4.79 Å². The van der Waals surface area contributed by atoms with E-state index < -0.39 is 17.8 Å². The Hall–Kier alpha value is -0.970. The minimum absolute atomic E-state index is 0.00339. The van der Waals surface area contributed by atoms with E-state index in [9.17, 15) is 9.90 Å². The van der Waals surface area contributed by atoms with Gasteiger partial charge in [-0.1, -0.05) is 29.3 Å². The van der Waals surface area contributed by atoms with E-state index in [1.807, 2.05) is 0 Å². The normalized spacial score (nSPS) is 12.5. The molecule has 0 bridgehead atoms. The molecule has 0 fully saturated rings. The number of aromatic hydroxyl groups is 1. The fourth-order valence-corrected chi connectivity index (χ4v) is 1.37. The number of rotatable bonds is 2. The lowest BCUT2D eigenvalue weighted by atomic mass is 10.1. The predicted octanol–water partition coefficient (Wildman–Crippen LogP) is 1.82. The van der Waals surface area contributed by atoms with E-state index in [-0.39, 0.29) is 15.6 Å². The number of carboxylic acids is 1. The van der Waals surface area contributed by atoms with Crippen molar-refractivity contribution in [3.05, 3.63) is 27.7 Å². The van der Waals surface area contributed by atoms with Crippen LogP contribution in [-0.4, -0.2) is 21.3 Å². The van der Waals surface area contributed by atoms with Crippen molar-refractivity contribution in [2.75, 3.05) is 0 Å². The maximum Gasteiger partial charge on any atom is 0.337 e. The summed E-state index contributed by atoms with van der Waals surface area (Å²) in [5.74, 6) is -1.89. The summed E-state index contributed by atoms with van der Waals surface area (Å²) in [6, 6.07) is 2.49. The highest BCUT2D eigenvalue weighted by atomic mass is 35.5. The molecule has 0 spiro atoms. The van der Waals surface area contributed by atoms with Crippen LogP contribution in [0.25, 0.3) is 0 Å². The first-order valence-corrected chi connectivity index (χ1v) is 4.28. The number of carbonyl (C=O) groups is 1. The summed E-state index contributed by atoms with van der Waals surface area (Å²) in [6.07, 6.45) is -1.77. The van der Waals surface area contributed by atoms with Crippen LogP contribution in [0.15, 0.2) is 12.1 Å². The van der Waals surface area contributed by atoms with Crippen molar-refractivity contribution in [1.82, 2.24) is 0 Å². The van der Waals surface area contributed by atoms with Gasteiger partial charge in [0.05, 0.1) is 10.0 Å². The molecular formula is C8H6Cl2O4. The second-order valence-corrected chi connectivity index (χ2v) is 3.33.